The zero-order valence-corrected chi connectivity index (χ0v) is 19.6. The van der Waals surface area contributed by atoms with Crippen LogP contribution in [0.15, 0.2) is 42.5 Å². The van der Waals surface area contributed by atoms with Crippen molar-refractivity contribution >= 4 is 17.6 Å². The minimum atomic E-state index is -0.204. The first-order chi connectivity index (χ1) is 15.4. The van der Waals surface area contributed by atoms with Crippen LogP contribution in [0, 0.1) is 20.8 Å². The number of aryl methyl sites for hydroxylation is 3. The van der Waals surface area contributed by atoms with Crippen LogP contribution in [0.4, 0.5) is 5.69 Å². The van der Waals surface area contributed by atoms with Gasteiger partial charge in [-0.05, 0) is 56.7 Å². The zero-order valence-electron chi connectivity index (χ0n) is 19.6. The van der Waals surface area contributed by atoms with Crippen LogP contribution in [0.3, 0.4) is 0 Å². The Morgan fingerprint density at radius 2 is 1.69 bits per heavy atom. The Balaban J connectivity index is 1.52. The SMILES string of the molecule is Cc1cc(C)c(N2CCC([N+]3(CC(=O)OCc4ccccc4)CCCCC3)C2=O)c(C)c1. The lowest BCUT2D eigenvalue weighted by Gasteiger charge is -2.44. The number of nitrogens with zero attached hydrogens (tertiary/aromatic N) is 2. The van der Waals surface area contributed by atoms with Gasteiger partial charge in [-0.3, -0.25) is 4.79 Å². The molecule has 1 unspecified atom stereocenters. The van der Waals surface area contributed by atoms with Crippen molar-refractivity contribution in [3.63, 3.8) is 0 Å². The summed E-state index contributed by atoms with van der Waals surface area (Å²) in [5.41, 5.74) is 5.53. The van der Waals surface area contributed by atoms with Crippen molar-refractivity contribution in [1.82, 2.24) is 0 Å². The van der Waals surface area contributed by atoms with E-state index in [1.54, 1.807) is 0 Å². The number of hydrogen-bond acceptors (Lipinski definition) is 3. The Bertz CT molecular complexity index is 957. The molecule has 0 spiro atoms. The lowest BCUT2D eigenvalue weighted by Crippen LogP contribution is -2.62. The van der Waals surface area contributed by atoms with Crippen LogP contribution < -0.4 is 4.90 Å². The fraction of sp³-hybridized carbons (Fsp3) is 0.481. The van der Waals surface area contributed by atoms with E-state index in [1.165, 1.54) is 12.0 Å². The highest BCUT2D eigenvalue weighted by molar-refractivity contribution is 6.00. The molecule has 5 nitrogen and oxygen atoms in total. The first kappa shape index (κ1) is 22.5. The van der Waals surface area contributed by atoms with Crippen molar-refractivity contribution in [3.8, 4) is 0 Å². The number of quaternary nitrogens is 1. The predicted octanol–water partition coefficient (Wildman–Crippen LogP) is 4.46. The first-order valence-electron chi connectivity index (χ1n) is 11.8. The summed E-state index contributed by atoms with van der Waals surface area (Å²) in [6, 6.07) is 13.9. The van der Waals surface area contributed by atoms with Crippen molar-refractivity contribution < 1.29 is 18.8 Å². The molecule has 1 atom stereocenters. The maximum atomic E-state index is 13.7. The van der Waals surface area contributed by atoms with Crippen LogP contribution >= 0.6 is 0 Å². The quantitative estimate of drug-likeness (QED) is 0.497. The van der Waals surface area contributed by atoms with Crippen LogP contribution in [0.2, 0.25) is 0 Å². The molecule has 2 fully saturated rings. The van der Waals surface area contributed by atoms with Gasteiger partial charge in [-0.15, -0.1) is 0 Å². The number of likely N-dealkylation sites (tertiary alicyclic amines) is 1. The highest BCUT2D eigenvalue weighted by atomic mass is 16.5. The van der Waals surface area contributed by atoms with E-state index < -0.39 is 0 Å². The second kappa shape index (κ2) is 9.45. The molecule has 0 aliphatic carbocycles. The fourth-order valence-corrected chi connectivity index (χ4v) is 5.76. The number of esters is 1. The second-order valence-corrected chi connectivity index (χ2v) is 9.57. The van der Waals surface area contributed by atoms with Gasteiger partial charge in [0.2, 0.25) is 0 Å². The summed E-state index contributed by atoms with van der Waals surface area (Å²) in [5.74, 6) is -0.0393. The molecule has 2 aromatic carbocycles. The highest BCUT2D eigenvalue weighted by Gasteiger charge is 2.50. The third-order valence-corrected chi connectivity index (χ3v) is 7.14. The number of rotatable bonds is 6. The molecule has 2 aliphatic heterocycles. The molecule has 4 rings (SSSR count). The summed E-state index contributed by atoms with van der Waals surface area (Å²) in [5, 5.41) is 0. The summed E-state index contributed by atoms with van der Waals surface area (Å²) < 4.78 is 6.18. The Morgan fingerprint density at radius 3 is 2.34 bits per heavy atom. The normalized spacial score (nSPS) is 20.4. The second-order valence-electron chi connectivity index (χ2n) is 9.57. The third-order valence-electron chi connectivity index (χ3n) is 7.14. The summed E-state index contributed by atoms with van der Waals surface area (Å²) in [4.78, 5) is 28.6. The van der Waals surface area contributed by atoms with E-state index in [-0.39, 0.29) is 31.1 Å². The van der Waals surface area contributed by atoms with Crippen LogP contribution in [0.1, 0.15) is 47.9 Å². The van der Waals surface area contributed by atoms with Gasteiger partial charge >= 0.3 is 5.97 Å². The molecular formula is C27H35N2O3+. The summed E-state index contributed by atoms with van der Waals surface area (Å²) in [6.07, 6.45) is 4.06. The van der Waals surface area contributed by atoms with Gasteiger partial charge in [0.1, 0.15) is 6.61 Å². The van der Waals surface area contributed by atoms with Crippen LogP contribution in [-0.2, 0) is 20.9 Å². The molecule has 32 heavy (non-hydrogen) atoms. The van der Waals surface area contributed by atoms with Gasteiger partial charge in [-0.25, -0.2) is 4.79 Å². The topological polar surface area (TPSA) is 46.6 Å². The van der Waals surface area contributed by atoms with E-state index in [4.69, 9.17) is 4.74 Å². The van der Waals surface area contributed by atoms with E-state index in [0.717, 1.165) is 54.7 Å². The van der Waals surface area contributed by atoms with Crippen LogP contribution in [0.25, 0.3) is 0 Å². The Kier molecular flexibility index (Phi) is 6.66. The molecule has 170 valence electrons. The molecule has 0 N–H and O–H groups in total. The summed E-state index contributed by atoms with van der Waals surface area (Å²) in [6.45, 7) is 9.28. The molecule has 5 heteroatoms. The number of piperidine rings is 1. The number of carbonyl (C=O) groups is 2. The van der Waals surface area contributed by atoms with E-state index >= 15 is 0 Å². The molecule has 0 aromatic heterocycles. The number of ether oxygens (including phenoxy) is 1. The molecule has 1 amide bonds. The van der Waals surface area contributed by atoms with E-state index in [1.807, 2.05) is 35.2 Å². The van der Waals surface area contributed by atoms with E-state index in [9.17, 15) is 9.59 Å². The van der Waals surface area contributed by atoms with Gasteiger partial charge in [0.05, 0.1) is 13.1 Å². The minimum absolute atomic E-state index is 0.165. The fourth-order valence-electron chi connectivity index (χ4n) is 5.76. The molecule has 0 radical (unpaired) electrons. The van der Waals surface area contributed by atoms with Gasteiger partial charge < -0.3 is 14.1 Å². The maximum absolute atomic E-state index is 13.7. The van der Waals surface area contributed by atoms with E-state index in [2.05, 4.69) is 32.9 Å². The molecule has 2 aromatic rings. The lowest BCUT2D eigenvalue weighted by atomic mass is 10.0. The van der Waals surface area contributed by atoms with Gasteiger partial charge in [-0.1, -0.05) is 48.0 Å². The van der Waals surface area contributed by atoms with Gasteiger partial charge in [0.25, 0.3) is 5.91 Å². The van der Waals surface area contributed by atoms with Crippen LogP contribution in [-0.4, -0.2) is 48.6 Å². The van der Waals surface area contributed by atoms with Gasteiger partial charge in [-0.2, -0.15) is 0 Å². The van der Waals surface area contributed by atoms with Crippen LogP contribution in [0.5, 0.6) is 0 Å². The largest absolute Gasteiger partial charge is 0.457 e. The van der Waals surface area contributed by atoms with Crippen molar-refractivity contribution in [1.29, 1.82) is 0 Å². The molecule has 2 aliphatic rings. The molecular weight excluding hydrogens is 400 g/mol. The van der Waals surface area contributed by atoms with Crippen molar-refractivity contribution in [2.45, 2.75) is 59.1 Å². The van der Waals surface area contributed by atoms with Crippen molar-refractivity contribution in [2.75, 3.05) is 31.1 Å². The standard InChI is InChI=1S/C27H35N2O3/c1-20-16-21(2)26(22(3)17-20)28-13-12-24(27(28)31)29(14-8-5-9-15-29)18-25(30)32-19-23-10-6-4-7-11-23/h4,6-7,10-11,16-17,24H,5,8-9,12-15,18-19H2,1-3H3/q+1. The molecule has 2 heterocycles. The number of anilines is 1. The number of hydrogen-bond donors (Lipinski definition) is 0. The molecule has 0 saturated carbocycles. The molecule has 0 bridgehead atoms. The average molecular weight is 436 g/mol. The number of amides is 1. The van der Waals surface area contributed by atoms with Crippen molar-refractivity contribution in [3.05, 3.63) is 64.7 Å². The Hall–Kier alpha value is -2.66. The zero-order chi connectivity index (χ0) is 22.7. The Labute approximate surface area is 191 Å². The summed E-state index contributed by atoms with van der Waals surface area (Å²) in [7, 11) is 0. The maximum Gasteiger partial charge on any atom is 0.362 e. The number of benzene rings is 2. The first-order valence-corrected chi connectivity index (χ1v) is 11.8. The van der Waals surface area contributed by atoms with E-state index in [0.29, 0.717) is 11.0 Å². The number of carbonyl (C=O) groups excluding carboxylic acids is 2. The lowest BCUT2D eigenvalue weighted by molar-refractivity contribution is -0.939. The average Bonchev–Trinajstić information content (AvgIpc) is 3.15. The summed E-state index contributed by atoms with van der Waals surface area (Å²) >= 11 is 0. The van der Waals surface area contributed by atoms with Crippen molar-refractivity contribution in [2.24, 2.45) is 0 Å². The minimum Gasteiger partial charge on any atom is -0.457 e. The predicted molar refractivity (Wildman–Crippen MR) is 126 cm³/mol. The van der Waals surface area contributed by atoms with Gasteiger partial charge in [0.15, 0.2) is 12.6 Å². The third kappa shape index (κ3) is 4.58. The monoisotopic (exact) mass is 435 g/mol. The smallest absolute Gasteiger partial charge is 0.362 e. The highest BCUT2D eigenvalue weighted by Crippen LogP contribution is 2.35. The molecule has 2 saturated heterocycles. The Morgan fingerprint density at radius 1 is 1.03 bits per heavy atom. The van der Waals surface area contributed by atoms with Gasteiger partial charge in [0, 0.05) is 18.7 Å².